The molecule has 0 unspecified atom stereocenters. The van der Waals surface area contributed by atoms with Crippen LogP contribution >= 0.6 is 0 Å². The van der Waals surface area contributed by atoms with Gasteiger partial charge in [-0.2, -0.15) is 0 Å². The molecule has 1 atom stereocenters. The zero-order valence-electron chi connectivity index (χ0n) is 9.39. The Kier molecular flexibility index (Phi) is 3.89. The van der Waals surface area contributed by atoms with Crippen LogP contribution in [0.3, 0.4) is 0 Å². The lowest BCUT2D eigenvalue weighted by molar-refractivity contribution is -0.874. The number of quaternary nitrogens is 1. The summed E-state index contributed by atoms with van der Waals surface area (Å²) in [6, 6.07) is 0. The van der Waals surface area contributed by atoms with E-state index in [-0.39, 0.29) is 11.0 Å². The molecule has 0 aromatic rings. The monoisotopic (exact) mass is 240 g/mol. The molecule has 2 N–H and O–H groups in total. The van der Waals surface area contributed by atoms with Crippen LogP contribution in [0.25, 0.3) is 0 Å². The number of hydrogen-bond acceptors (Lipinski definition) is 4. The van der Waals surface area contributed by atoms with Gasteiger partial charge in [0.05, 0.1) is 27.6 Å². The highest BCUT2D eigenvalue weighted by atomic mass is 32.2. The fourth-order valence-corrected chi connectivity index (χ4v) is 2.29. The van der Waals surface area contributed by atoms with Crippen LogP contribution in [-0.2, 0) is 14.6 Å². The van der Waals surface area contributed by atoms with Gasteiger partial charge >= 0.3 is 5.97 Å². The summed E-state index contributed by atoms with van der Waals surface area (Å²) in [5.74, 6) is -1.34. The highest BCUT2D eigenvalue weighted by molar-refractivity contribution is 7.91. The van der Waals surface area contributed by atoms with Crippen LogP contribution in [0.5, 0.6) is 0 Å². The van der Waals surface area contributed by atoms with E-state index in [4.69, 9.17) is 5.11 Å². The number of carbonyl (C=O) groups is 1. The molecule has 0 heterocycles. The Morgan fingerprint density at radius 3 is 1.93 bits per heavy atom. The number of likely N-dealkylation sites (N-methyl/N-ethyl adjacent to an activating group) is 1. The third kappa shape index (κ3) is 4.59. The molecule has 0 aliphatic carbocycles. The van der Waals surface area contributed by atoms with Crippen molar-refractivity contribution in [2.45, 2.75) is 11.4 Å². The van der Waals surface area contributed by atoms with Crippen LogP contribution in [0.15, 0.2) is 0 Å². The van der Waals surface area contributed by atoms with Crippen molar-refractivity contribution in [3.63, 3.8) is 0 Å². The predicted octanol–water partition coefficient (Wildman–Crippen LogP) is -1.10. The van der Waals surface area contributed by atoms with Gasteiger partial charge in [0.15, 0.2) is 9.84 Å². The Balaban J connectivity index is 5.14. The first-order valence-corrected chi connectivity index (χ1v) is 6.21. The van der Waals surface area contributed by atoms with E-state index in [1.807, 2.05) is 0 Å². The zero-order valence-corrected chi connectivity index (χ0v) is 10.2. The molecule has 0 aromatic heterocycles. The van der Waals surface area contributed by atoms with Crippen molar-refractivity contribution in [1.29, 1.82) is 0 Å². The predicted molar refractivity (Wildman–Crippen MR) is 54.9 cm³/mol. The number of hydrogen-bond donors (Lipinski definition) is 2. The maximum Gasteiger partial charge on any atom is 0.307 e. The fraction of sp³-hybridized carbons (Fsp3) is 0.875. The van der Waals surface area contributed by atoms with Crippen LogP contribution in [-0.4, -0.2) is 68.0 Å². The topological polar surface area (TPSA) is 91.7 Å². The van der Waals surface area contributed by atoms with E-state index in [0.29, 0.717) is 0 Å². The smallest absolute Gasteiger partial charge is 0.307 e. The minimum atomic E-state index is -3.83. The number of carboxylic acids is 1. The Morgan fingerprint density at radius 1 is 1.33 bits per heavy atom. The van der Waals surface area contributed by atoms with Crippen molar-refractivity contribution in [1.82, 2.24) is 0 Å². The van der Waals surface area contributed by atoms with Crippen LogP contribution in [0, 0.1) is 0 Å². The standard InChI is InChI=1S/C8H17NO5S/c1-9(2,3)6-8(12,5-7(10)11)15(4,13)14/h12H,5-6H2,1-4H3/p+1/t8-/m1/s1. The largest absolute Gasteiger partial charge is 0.481 e. The van der Waals surface area contributed by atoms with Gasteiger partial charge in [-0.05, 0) is 0 Å². The summed E-state index contributed by atoms with van der Waals surface area (Å²) in [6.07, 6.45) is 0.0347. The Labute approximate surface area is 89.6 Å². The molecule has 0 rings (SSSR count). The van der Waals surface area contributed by atoms with Gasteiger partial charge < -0.3 is 14.7 Å². The van der Waals surface area contributed by atoms with Crippen molar-refractivity contribution in [2.24, 2.45) is 0 Å². The van der Waals surface area contributed by atoms with Crippen LogP contribution in [0.2, 0.25) is 0 Å². The molecule has 0 aliphatic rings. The highest BCUT2D eigenvalue weighted by Gasteiger charge is 2.45. The van der Waals surface area contributed by atoms with E-state index in [1.54, 1.807) is 21.1 Å². The first-order valence-electron chi connectivity index (χ1n) is 4.32. The number of aliphatic carboxylic acids is 1. The van der Waals surface area contributed by atoms with E-state index < -0.39 is 27.2 Å². The van der Waals surface area contributed by atoms with E-state index in [0.717, 1.165) is 6.26 Å². The first kappa shape index (κ1) is 14.3. The number of nitrogens with zero attached hydrogens (tertiary/aromatic N) is 1. The highest BCUT2D eigenvalue weighted by Crippen LogP contribution is 2.20. The number of rotatable bonds is 5. The minimum absolute atomic E-state index is 0.164. The molecule has 0 spiro atoms. The van der Waals surface area contributed by atoms with Crippen molar-refractivity contribution in [3.05, 3.63) is 0 Å². The van der Waals surface area contributed by atoms with Gasteiger partial charge in [0, 0.05) is 6.26 Å². The molecular formula is C8H18NO5S+. The van der Waals surface area contributed by atoms with E-state index in [2.05, 4.69) is 0 Å². The Morgan fingerprint density at radius 2 is 1.73 bits per heavy atom. The normalized spacial score (nSPS) is 17.1. The molecule has 90 valence electrons. The van der Waals surface area contributed by atoms with Crippen molar-refractivity contribution < 1.29 is 27.9 Å². The van der Waals surface area contributed by atoms with E-state index in [1.165, 1.54) is 0 Å². The maximum absolute atomic E-state index is 11.3. The van der Waals surface area contributed by atoms with Gasteiger partial charge in [0.25, 0.3) is 0 Å². The lowest BCUT2D eigenvalue weighted by Crippen LogP contribution is -2.54. The van der Waals surface area contributed by atoms with Crippen LogP contribution in [0.1, 0.15) is 6.42 Å². The summed E-state index contributed by atoms with van der Waals surface area (Å²) in [5.41, 5.74) is 0. The average Bonchev–Trinajstić information content (AvgIpc) is 1.75. The van der Waals surface area contributed by atoms with Crippen molar-refractivity contribution in [3.8, 4) is 0 Å². The van der Waals surface area contributed by atoms with E-state index >= 15 is 0 Å². The van der Waals surface area contributed by atoms with Crippen molar-refractivity contribution in [2.75, 3.05) is 33.9 Å². The second-order valence-electron chi connectivity index (χ2n) is 4.74. The molecule has 0 radical (unpaired) electrons. The van der Waals surface area contributed by atoms with Crippen LogP contribution < -0.4 is 0 Å². The van der Waals surface area contributed by atoms with Gasteiger partial charge in [-0.15, -0.1) is 0 Å². The van der Waals surface area contributed by atoms with Gasteiger partial charge in [-0.3, -0.25) is 4.79 Å². The summed E-state index contributed by atoms with van der Waals surface area (Å²) >= 11 is 0. The third-order valence-electron chi connectivity index (χ3n) is 1.84. The van der Waals surface area contributed by atoms with Gasteiger partial charge in [0.2, 0.25) is 4.93 Å². The average molecular weight is 240 g/mol. The summed E-state index contributed by atoms with van der Waals surface area (Å²) < 4.78 is 22.8. The summed E-state index contributed by atoms with van der Waals surface area (Å²) in [4.78, 5) is 8.30. The van der Waals surface area contributed by atoms with Gasteiger partial charge in [-0.1, -0.05) is 0 Å². The third-order valence-corrected chi connectivity index (χ3v) is 3.49. The second-order valence-corrected chi connectivity index (χ2v) is 7.04. The quantitative estimate of drug-likeness (QED) is 0.595. The number of aliphatic hydroxyl groups is 1. The molecule has 0 amide bonds. The Hall–Kier alpha value is -0.660. The van der Waals surface area contributed by atoms with Gasteiger partial charge in [-0.25, -0.2) is 8.42 Å². The summed E-state index contributed by atoms with van der Waals surface area (Å²) in [6.45, 7) is -0.169. The lowest BCUT2D eigenvalue weighted by atomic mass is 10.2. The molecule has 15 heavy (non-hydrogen) atoms. The summed E-state index contributed by atoms with van der Waals surface area (Å²) in [5, 5.41) is 18.4. The fourth-order valence-electron chi connectivity index (χ4n) is 1.28. The Bertz CT molecular complexity index is 343. The van der Waals surface area contributed by atoms with Gasteiger partial charge in [0.1, 0.15) is 6.54 Å². The molecule has 0 fully saturated rings. The molecule has 0 saturated heterocycles. The van der Waals surface area contributed by atoms with Crippen LogP contribution in [0.4, 0.5) is 0 Å². The molecule has 0 aromatic carbocycles. The second kappa shape index (κ2) is 4.07. The van der Waals surface area contributed by atoms with Crippen molar-refractivity contribution >= 4 is 15.8 Å². The molecule has 7 heteroatoms. The maximum atomic E-state index is 11.3. The molecule has 0 bridgehead atoms. The SMILES string of the molecule is C[N+](C)(C)C[C@@](O)(CC(=O)O)S(C)(=O)=O. The summed E-state index contributed by atoms with van der Waals surface area (Å²) in [7, 11) is 1.20. The molecule has 0 saturated carbocycles. The molecule has 0 aliphatic heterocycles. The first-order chi connectivity index (χ1) is 6.37. The molecule has 6 nitrogen and oxygen atoms in total. The molecular weight excluding hydrogens is 222 g/mol. The minimum Gasteiger partial charge on any atom is -0.481 e. The van der Waals surface area contributed by atoms with E-state index in [9.17, 15) is 18.3 Å². The number of carboxylic acid groups (broad SMARTS) is 1. The number of sulfone groups is 1. The zero-order chi connectivity index (χ0) is 12.5. The lowest BCUT2D eigenvalue weighted by Gasteiger charge is -2.33.